The number of fused-ring (bicyclic) bond motifs is 1. The van der Waals surface area contributed by atoms with Crippen LogP contribution in [0.25, 0.3) is 5.57 Å². The second-order valence-electron chi connectivity index (χ2n) is 6.20. The Morgan fingerprint density at radius 1 is 1.13 bits per heavy atom. The number of halogens is 1. The average Bonchev–Trinajstić information content (AvgIpc) is 2.77. The van der Waals surface area contributed by atoms with E-state index in [1.807, 2.05) is 24.3 Å². The van der Waals surface area contributed by atoms with Crippen LogP contribution < -0.4 is 5.73 Å². The first-order valence-electron chi connectivity index (χ1n) is 7.99. The number of alkyl halides is 1. The smallest absolute Gasteiger partial charge is 0.109 e. The molecule has 23 heavy (non-hydrogen) atoms. The fourth-order valence-electron chi connectivity index (χ4n) is 3.20. The summed E-state index contributed by atoms with van der Waals surface area (Å²) < 4.78 is 12.7. The summed E-state index contributed by atoms with van der Waals surface area (Å²) >= 11 is 0. The van der Waals surface area contributed by atoms with Crippen LogP contribution >= 0.6 is 0 Å². The number of hydrogen-bond donors (Lipinski definition) is 1. The van der Waals surface area contributed by atoms with E-state index in [9.17, 15) is 4.39 Å². The number of hydrogen-bond acceptors (Lipinski definition) is 1. The lowest BCUT2D eigenvalue weighted by atomic mass is 9.89. The third-order valence-electron chi connectivity index (χ3n) is 4.44. The van der Waals surface area contributed by atoms with Gasteiger partial charge in [0.25, 0.3) is 0 Å². The molecule has 0 heterocycles. The number of allylic oxidation sites excluding steroid dienone is 3. The normalized spacial score (nSPS) is 14.9. The molecule has 0 saturated heterocycles. The van der Waals surface area contributed by atoms with Crippen LogP contribution in [0.3, 0.4) is 0 Å². The first-order valence-corrected chi connectivity index (χ1v) is 7.99. The number of rotatable bonds is 3. The summed E-state index contributed by atoms with van der Waals surface area (Å²) in [5, 5.41) is 0. The molecule has 1 atom stereocenters. The molecule has 0 bridgehead atoms. The van der Waals surface area contributed by atoms with E-state index in [2.05, 4.69) is 44.2 Å². The van der Waals surface area contributed by atoms with Crippen LogP contribution in [0.15, 0.2) is 54.6 Å². The maximum atomic E-state index is 12.7. The highest BCUT2D eigenvalue weighted by molar-refractivity contribution is 5.84. The molecular weight excluding hydrogens is 285 g/mol. The molecule has 0 fully saturated rings. The molecule has 2 aromatic rings. The summed E-state index contributed by atoms with van der Waals surface area (Å²) in [6, 6.07) is 11.9. The average molecular weight is 307 g/mol. The van der Waals surface area contributed by atoms with Gasteiger partial charge in [0, 0.05) is 0 Å². The van der Waals surface area contributed by atoms with E-state index in [1.165, 1.54) is 27.8 Å². The predicted octanol–water partition coefficient (Wildman–Crippen LogP) is 4.82. The maximum absolute atomic E-state index is 12.7. The Balaban J connectivity index is 2.07. The second-order valence-corrected chi connectivity index (χ2v) is 6.20. The number of aryl methyl sites for hydroxylation is 2. The second kappa shape index (κ2) is 6.51. The molecule has 1 unspecified atom stereocenters. The van der Waals surface area contributed by atoms with Crippen molar-refractivity contribution in [3.8, 4) is 0 Å². The van der Waals surface area contributed by atoms with Crippen molar-refractivity contribution in [3.63, 3.8) is 0 Å². The van der Waals surface area contributed by atoms with Crippen molar-refractivity contribution < 1.29 is 4.39 Å². The van der Waals surface area contributed by atoms with Gasteiger partial charge in [0.1, 0.15) is 6.67 Å². The van der Waals surface area contributed by atoms with Crippen molar-refractivity contribution in [2.24, 2.45) is 5.73 Å². The lowest BCUT2D eigenvalue weighted by Gasteiger charge is -2.16. The lowest BCUT2D eigenvalue weighted by molar-refractivity contribution is 0.437. The zero-order chi connectivity index (χ0) is 16.4. The third-order valence-corrected chi connectivity index (χ3v) is 4.44. The standard InChI is InChI=1S/C21H22FN/c1-14-11-15(2)18-5-3-4-6-19(20(18)12-14)16-7-9-17(10-8-16)21(23)13-22/h3-4,6-12,21H,5,13,23H2,1-2H3. The molecule has 0 radical (unpaired) electrons. The van der Waals surface area contributed by atoms with Crippen molar-refractivity contribution in [3.05, 3.63) is 88.0 Å². The van der Waals surface area contributed by atoms with Gasteiger partial charge >= 0.3 is 0 Å². The highest BCUT2D eigenvalue weighted by Gasteiger charge is 2.14. The van der Waals surface area contributed by atoms with Crippen molar-refractivity contribution in [2.45, 2.75) is 26.3 Å². The third kappa shape index (κ3) is 3.13. The first-order chi connectivity index (χ1) is 11.1. The van der Waals surface area contributed by atoms with Crippen LogP contribution in [0.4, 0.5) is 4.39 Å². The first kappa shape index (κ1) is 15.7. The molecule has 0 saturated carbocycles. The predicted molar refractivity (Wildman–Crippen MR) is 95.2 cm³/mol. The van der Waals surface area contributed by atoms with E-state index < -0.39 is 12.7 Å². The van der Waals surface area contributed by atoms with Crippen LogP contribution in [-0.4, -0.2) is 6.67 Å². The van der Waals surface area contributed by atoms with Crippen LogP contribution in [0.5, 0.6) is 0 Å². The van der Waals surface area contributed by atoms with E-state index in [1.54, 1.807) is 0 Å². The van der Waals surface area contributed by atoms with E-state index >= 15 is 0 Å². The molecule has 118 valence electrons. The van der Waals surface area contributed by atoms with Gasteiger partial charge in [-0.05, 0) is 53.7 Å². The molecule has 2 aromatic carbocycles. The van der Waals surface area contributed by atoms with Crippen LogP contribution in [-0.2, 0) is 6.42 Å². The highest BCUT2D eigenvalue weighted by atomic mass is 19.1. The Morgan fingerprint density at radius 3 is 2.57 bits per heavy atom. The number of benzene rings is 2. The van der Waals surface area contributed by atoms with E-state index in [-0.39, 0.29) is 0 Å². The fraction of sp³-hybridized carbons (Fsp3) is 0.238. The largest absolute Gasteiger partial charge is 0.322 e. The molecule has 0 aliphatic heterocycles. The van der Waals surface area contributed by atoms with Gasteiger partial charge in [-0.25, -0.2) is 4.39 Å². The van der Waals surface area contributed by atoms with Crippen LogP contribution in [0.2, 0.25) is 0 Å². The fourth-order valence-corrected chi connectivity index (χ4v) is 3.20. The summed E-state index contributed by atoms with van der Waals surface area (Å²) in [5.74, 6) is 0. The minimum Gasteiger partial charge on any atom is -0.322 e. The molecular formula is C21H22FN. The van der Waals surface area contributed by atoms with Gasteiger partial charge in [0.2, 0.25) is 0 Å². The van der Waals surface area contributed by atoms with Gasteiger partial charge in [-0.1, -0.05) is 60.2 Å². The van der Waals surface area contributed by atoms with Gasteiger partial charge < -0.3 is 5.73 Å². The summed E-state index contributed by atoms with van der Waals surface area (Å²) in [5.41, 5.74) is 14.2. The molecule has 0 aromatic heterocycles. The van der Waals surface area contributed by atoms with Gasteiger partial charge in [-0.3, -0.25) is 0 Å². The molecule has 1 nitrogen and oxygen atoms in total. The minimum atomic E-state index is -0.538. The molecule has 1 aliphatic rings. The van der Waals surface area contributed by atoms with Crippen LogP contribution in [0.1, 0.15) is 39.4 Å². The SMILES string of the molecule is Cc1cc(C)c2c(c1)C(c1ccc(C(N)CF)cc1)=CC=CC2. The van der Waals surface area contributed by atoms with Crippen molar-refractivity contribution >= 4 is 5.57 Å². The maximum Gasteiger partial charge on any atom is 0.109 e. The van der Waals surface area contributed by atoms with Gasteiger partial charge in [-0.15, -0.1) is 0 Å². The quantitative estimate of drug-likeness (QED) is 0.864. The topological polar surface area (TPSA) is 26.0 Å². The Hall–Kier alpha value is -2.19. The van der Waals surface area contributed by atoms with Gasteiger partial charge in [0.15, 0.2) is 0 Å². The van der Waals surface area contributed by atoms with Crippen LogP contribution in [0, 0.1) is 13.8 Å². The Morgan fingerprint density at radius 2 is 1.87 bits per heavy atom. The van der Waals surface area contributed by atoms with Crippen molar-refractivity contribution in [2.75, 3.05) is 6.67 Å². The lowest BCUT2D eigenvalue weighted by Crippen LogP contribution is -2.11. The zero-order valence-electron chi connectivity index (χ0n) is 13.6. The summed E-state index contributed by atoms with van der Waals surface area (Å²) in [6.45, 7) is 3.77. The number of nitrogens with two attached hydrogens (primary N) is 1. The highest BCUT2D eigenvalue weighted by Crippen LogP contribution is 2.32. The Bertz CT molecular complexity index is 769. The van der Waals surface area contributed by atoms with E-state index in [0.717, 1.165) is 17.5 Å². The zero-order valence-corrected chi connectivity index (χ0v) is 13.6. The van der Waals surface area contributed by atoms with Gasteiger partial charge in [-0.2, -0.15) is 0 Å². The van der Waals surface area contributed by atoms with E-state index in [4.69, 9.17) is 5.73 Å². The Kier molecular flexibility index (Phi) is 4.44. The summed E-state index contributed by atoms with van der Waals surface area (Å²) in [6.07, 6.45) is 7.42. The van der Waals surface area contributed by atoms with Crippen molar-refractivity contribution in [1.82, 2.24) is 0 Å². The Labute approximate surface area is 137 Å². The molecule has 0 amide bonds. The summed E-state index contributed by atoms with van der Waals surface area (Å²) in [7, 11) is 0. The summed E-state index contributed by atoms with van der Waals surface area (Å²) in [4.78, 5) is 0. The van der Waals surface area contributed by atoms with E-state index in [0.29, 0.717) is 0 Å². The molecule has 0 spiro atoms. The minimum absolute atomic E-state index is 0.536. The monoisotopic (exact) mass is 307 g/mol. The molecule has 1 aliphatic carbocycles. The van der Waals surface area contributed by atoms with Crippen molar-refractivity contribution in [1.29, 1.82) is 0 Å². The molecule has 3 rings (SSSR count). The van der Waals surface area contributed by atoms with Gasteiger partial charge in [0.05, 0.1) is 6.04 Å². The molecule has 2 heteroatoms. The molecule has 2 N–H and O–H groups in total.